The van der Waals surface area contributed by atoms with Gasteiger partial charge in [0.2, 0.25) is 5.82 Å². The van der Waals surface area contributed by atoms with Crippen LogP contribution < -0.4 is 0 Å². The molecule has 0 amide bonds. The summed E-state index contributed by atoms with van der Waals surface area (Å²) >= 11 is 0. The van der Waals surface area contributed by atoms with E-state index < -0.39 is 40.7 Å². The van der Waals surface area contributed by atoms with Gasteiger partial charge in [-0.25, -0.2) is 22.0 Å². The lowest BCUT2D eigenvalue weighted by Gasteiger charge is -2.36. The van der Waals surface area contributed by atoms with Crippen molar-refractivity contribution in [1.29, 1.82) is 0 Å². The molecular formula is C21H22F5NO. The molecule has 0 heterocycles. The zero-order valence-corrected chi connectivity index (χ0v) is 15.3. The second-order valence-corrected chi connectivity index (χ2v) is 7.15. The van der Waals surface area contributed by atoms with Gasteiger partial charge in [0.25, 0.3) is 0 Å². The van der Waals surface area contributed by atoms with Crippen LogP contribution >= 0.6 is 0 Å². The highest BCUT2D eigenvalue weighted by Crippen LogP contribution is 2.43. The highest BCUT2D eigenvalue weighted by atomic mass is 19.2. The summed E-state index contributed by atoms with van der Waals surface area (Å²) in [7, 11) is 0. The number of benzene rings is 2. The van der Waals surface area contributed by atoms with Crippen LogP contribution in [0.3, 0.4) is 0 Å². The number of aliphatic hydroxyl groups is 1. The van der Waals surface area contributed by atoms with Crippen LogP contribution in [0, 0.1) is 35.0 Å². The molecule has 152 valence electrons. The van der Waals surface area contributed by atoms with E-state index in [9.17, 15) is 27.1 Å². The molecule has 0 bridgehead atoms. The molecular weight excluding hydrogens is 377 g/mol. The van der Waals surface area contributed by atoms with E-state index in [1.165, 1.54) is 0 Å². The van der Waals surface area contributed by atoms with Crippen LogP contribution in [0.15, 0.2) is 30.3 Å². The molecule has 2 nitrogen and oxygen atoms in total. The number of rotatable bonds is 7. The quantitative estimate of drug-likeness (QED) is 0.397. The maximum absolute atomic E-state index is 14.6. The van der Waals surface area contributed by atoms with Gasteiger partial charge < -0.3 is 5.11 Å². The lowest BCUT2D eigenvalue weighted by atomic mass is 9.88. The number of nitrogens with zero attached hydrogens (tertiary/aromatic N) is 1. The van der Waals surface area contributed by atoms with Crippen LogP contribution in [0.4, 0.5) is 22.0 Å². The zero-order valence-electron chi connectivity index (χ0n) is 15.3. The van der Waals surface area contributed by atoms with Gasteiger partial charge in [-0.15, -0.1) is 0 Å². The monoisotopic (exact) mass is 399 g/mol. The smallest absolute Gasteiger partial charge is 0.200 e. The average molecular weight is 399 g/mol. The zero-order chi connectivity index (χ0) is 20.3. The Labute approximate surface area is 160 Å². The van der Waals surface area contributed by atoms with Gasteiger partial charge in [-0.1, -0.05) is 43.2 Å². The van der Waals surface area contributed by atoms with E-state index in [1.807, 2.05) is 18.2 Å². The Bertz CT molecular complexity index is 779. The summed E-state index contributed by atoms with van der Waals surface area (Å²) in [6.07, 6.45) is 2.91. The molecule has 0 spiro atoms. The number of hydrogen-bond acceptors (Lipinski definition) is 2. The van der Waals surface area contributed by atoms with Crippen molar-refractivity contribution in [2.45, 2.75) is 38.3 Å². The van der Waals surface area contributed by atoms with Crippen molar-refractivity contribution in [2.24, 2.45) is 5.92 Å². The van der Waals surface area contributed by atoms with Gasteiger partial charge in [0, 0.05) is 24.7 Å². The third-order valence-corrected chi connectivity index (χ3v) is 5.39. The van der Waals surface area contributed by atoms with Crippen molar-refractivity contribution < 1.29 is 27.1 Å². The fraction of sp³-hybridized carbons (Fsp3) is 0.429. The van der Waals surface area contributed by atoms with Crippen LogP contribution in [0.5, 0.6) is 0 Å². The molecule has 2 aromatic carbocycles. The minimum atomic E-state index is -2.15. The van der Waals surface area contributed by atoms with Gasteiger partial charge in [0.15, 0.2) is 23.3 Å². The van der Waals surface area contributed by atoms with Crippen molar-refractivity contribution in [1.82, 2.24) is 4.90 Å². The molecule has 1 fully saturated rings. The number of aliphatic hydroxyl groups excluding tert-OH is 1. The lowest BCUT2D eigenvalue weighted by molar-refractivity contribution is 0.0985. The second kappa shape index (κ2) is 9.01. The topological polar surface area (TPSA) is 23.5 Å². The number of halogens is 5. The first-order valence-electron chi connectivity index (χ1n) is 9.35. The van der Waals surface area contributed by atoms with Crippen molar-refractivity contribution in [3.8, 4) is 0 Å². The van der Waals surface area contributed by atoms with Crippen molar-refractivity contribution in [3.05, 3.63) is 70.5 Å². The largest absolute Gasteiger partial charge is 0.395 e. The summed E-state index contributed by atoms with van der Waals surface area (Å²) in [5.74, 6) is -9.85. The summed E-state index contributed by atoms with van der Waals surface area (Å²) in [5.41, 5.74) is 0.0236. The van der Waals surface area contributed by atoms with Gasteiger partial charge in [-0.05, 0) is 24.3 Å². The van der Waals surface area contributed by atoms with Crippen molar-refractivity contribution in [2.75, 3.05) is 13.2 Å². The lowest BCUT2D eigenvalue weighted by Crippen LogP contribution is -2.36. The molecule has 1 N–H and O–H groups in total. The molecule has 28 heavy (non-hydrogen) atoms. The molecule has 0 aliphatic heterocycles. The Morgan fingerprint density at radius 3 is 1.93 bits per heavy atom. The van der Waals surface area contributed by atoms with Crippen LogP contribution in [0.25, 0.3) is 0 Å². The van der Waals surface area contributed by atoms with Gasteiger partial charge >= 0.3 is 0 Å². The van der Waals surface area contributed by atoms with E-state index in [4.69, 9.17) is 0 Å². The molecule has 1 aliphatic carbocycles. The van der Waals surface area contributed by atoms with E-state index in [0.29, 0.717) is 12.8 Å². The molecule has 0 saturated heterocycles. The molecule has 7 heteroatoms. The SMILES string of the molecule is OCCN(Cc1ccccc1)C(c1c(F)c(F)c(F)c(F)c1F)C1CCCC1. The highest BCUT2D eigenvalue weighted by molar-refractivity contribution is 5.28. The second-order valence-electron chi connectivity index (χ2n) is 7.15. The third kappa shape index (κ3) is 4.05. The molecule has 2 aromatic rings. The van der Waals surface area contributed by atoms with Crippen molar-refractivity contribution in [3.63, 3.8) is 0 Å². The van der Waals surface area contributed by atoms with E-state index in [0.717, 1.165) is 18.4 Å². The maximum atomic E-state index is 14.6. The maximum Gasteiger partial charge on any atom is 0.200 e. The average Bonchev–Trinajstić information content (AvgIpc) is 3.23. The molecule has 0 aromatic heterocycles. The Morgan fingerprint density at radius 1 is 0.857 bits per heavy atom. The van der Waals surface area contributed by atoms with Crippen LogP contribution in [0.1, 0.15) is 42.9 Å². The Balaban J connectivity index is 2.10. The molecule has 3 rings (SSSR count). The predicted octanol–water partition coefficient (Wildman–Crippen LogP) is 5.11. The molecule has 1 atom stereocenters. The van der Waals surface area contributed by atoms with E-state index in [2.05, 4.69) is 0 Å². The van der Waals surface area contributed by atoms with Gasteiger partial charge in [-0.3, -0.25) is 4.90 Å². The minimum absolute atomic E-state index is 0.0511. The van der Waals surface area contributed by atoms with Crippen LogP contribution in [-0.4, -0.2) is 23.2 Å². The Hall–Kier alpha value is -1.99. The van der Waals surface area contributed by atoms with E-state index >= 15 is 0 Å². The molecule has 1 unspecified atom stereocenters. The first-order chi connectivity index (χ1) is 13.5. The van der Waals surface area contributed by atoms with Gasteiger partial charge in [-0.2, -0.15) is 0 Å². The first-order valence-corrected chi connectivity index (χ1v) is 9.35. The van der Waals surface area contributed by atoms with Crippen molar-refractivity contribution >= 4 is 0 Å². The summed E-state index contributed by atoms with van der Waals surface area (Å²) in [6.45, 7) is -0.0247. The summed E-state index contributed by atoms with van der Waals surface area (Å²) in [5, 5.41) is 9.51. The summed E-state index contributed by atoms with van der Waals surface area (Å²) in [6, 6.07) is 8.03. The van der Waals surface area contributed by atoms with Crippen LogP contribution in [-0.2, 0) is 6.54 Å². The molecule has 1 saturated carbocycles. The highest BCUT2D eigenvalue weighted by Gasteiger charge is 2.38. The standard InChI is InChI=1S/C21H22F5NO/c22-16-15(17(23)19(25)20(26)18(16)24)21(14-8-4-5-9-14)27(10-11-28)12-13-6-2-1-3-7-13/h1-3,6-7,14,21,28H,4-5,8-12H2. The summed E-state index contributed by atoms with van der Waals surface area (Å²) < 4.78 is 70.6. The summed E-state index contributed by atoms with van der Waals surface area (Å²) in [4.78, 5) is 1.61. The fourth-order valence-electron chi connectivity index (χ4n) is 4.13. The van der Waals surface area contributed by atoms with E-state index in [-0.39, 0.29) is 25.6 Å². The number of hydrogen-bond donors (Lipinski definition) is 1. The third-order valence-electron chi connectivity index (χ3n) is 5.39. The normalized spacial score (nSPS) is 16.1. The fourth-order valence-corrected chi connectivity index (χ4v) is 4.13. The molecule has 1 aliphatic rings. The van der Waals surface area contributed by atoms with Crippen LogP contribution in [0.2, 0.25) is 0 Å². The Kier molecular flexibility index (Phi) is 6.67. The predicted molar refractivity (Wildman–Crippen MR) is 94.9 cm³/mol. The first kappa shape index (κ1) is 20.7. The van der Waals surface area contributed by atoms with E-state index in [1.54, 1.807) is 17.0 Å². The van der Waals surface area contributed by atoms with Gasteiger partial charge in [0.1, 0.15) is 0 Å². The molecule has 0 radical (unpaired) electrons. The Morgan fingerprint density at radius 2 is 1.39 bits per heavy atom. The minimum Gasteiger partial charge on any atom is -0.395 e. The van der Waals surface area contributed by atoms with Gasteiger partial charge in [0.05, 0.1) is 6.61 Å².